The molecule has 2 aromatic rings. The number of nitrogens with zero attached hydrogens (tertiary/aromatic N) is 3. The van der Waals surface area contributed by atoms with Crippen LogP contribution in [0.1, 0.15) is 24.5 Å². The monoisotopic (exact) mass is 400 g/mol. The van der Waals surface area contributed by atoms with Gasteiger partial charge in [0, 0.05) is 30.1 Å². The van der Waals surface area contributed by atoms with Crippen molar-refractivity contribution in [2.24, 2.45) is 10.7 Å². The molecule has 3 heterocycles. The number of nitrogens with two attached hydrogens (primary N) is 1. The second kappa shape index (κ2) is 6.83. The molecule has 0 saturated carbocycles. The molecule has 5 nitrogen and oxygen atoms in total. The Kier molecular flexibility index (Phi) is 4.60. The lowest BCUT2D eigenvalue weighted by Crippen LogP contribution is -2.60. The molecule has 0 amide bonds. The number of rotatable bonds is 2. The molecule has 1 saturated heterocycles. The third-order valence-corrected chi connectivity index (χ3v) is 6.24. The number of aromatic nitrogens is 1. The molecule has 2 aliphatic rings. The maximum atomic E-state index is 16.1. The topological polar surface area (TPSA) is 84.3 Å². The molecule has 2 N–H and O–H groups in total. The number of alkyl halides is 1. The zero-order valence-electron chi connectivity index (χ0n) is 15.2. The summed E-state index contributed by atoms with van der Waals surface area (Å²) in [6.45, 7) is 1.79. The summed E-state index contributed by atoms with van der Waals surface area (Å²) in [5.41, 5.74) is 4.58. The standard InChI is InChI=1S/C20H18F2N4OS/c1-12-6-19(22)11-28-18(24)26-20(19,10-27-12)16-3-14(4-17(21)5-16)15-2-13(7-23)8-25-9-15/h2-5,8-9,12H,6,10-11H2,1H3,(H2,24,26)/t12-,19+,20+/m0/s1. The second-order valence-electron chi connectivity index (χ2n) is 7.19. The number of hydrogen-bond donors (Lipinski definition) is 1. The SMILES string of the molecule is C[C@H]1C[C@@]2(F)CSC(N)=N[C@@]2(c2cc(F)cc(-c3cncc(C#N)c3)c2)CO1. The molecule has 0 bridgehead atoms. The highest BCUT2D eigenvalue weighted by Gasteiger charge is 2.59. The lowest BCUT2D eigenvalue weighted by atomic mass is 9.72. The van der Waals surface area contributed by atoms with Crippen LogP contribution in [0.5, 0.6) is 0 Å². The van der Waals surface area contributed by atoms with E-state index in [9.17, 15) is 4.39 Å². The van der Waals surface area contributed by atoms with Crippen molar-refractivity contribution < 1.29 is 13.5 Å². The minimum atomic E-state index is -1.71. The fraction of sp³-hybridized carbons (Fsp3) is 0.350. The fourth-order valence-corrected chi connectivity index (χ4v) is 4.81. The van der Waals surface area contributed by atoms with Gasteiger partial charge in [0.15, 0.2) is 10.8 Å². The van der Waals surface area contributed by atoms with Crippen LogP contribution in [-0.4, -0.2) is 34.3 Å². The first kappa shape index (κ1) is 18.8. The summed E-state index contributed by atoms with van der Waals surface area (Å²) < 4.78 is 36.4. The lowest BCUT2D eigenvalue weighted by Gasteiger charge is -2.49. The van der Waals surface area contributed by atoms with E-state index in [0.29, 0.717) is 22.3 Å². The Morgan fingerprint density at radius 3 is 2.89 bits per heavy atom. The number of ether oxygens (including phenoxy) is 1. The van der Waals surface area contributed by atoms with Gasteiger partial charge in [-0.05, 0) is 42.3 Å². The summed E-state index contributed by atoms with van der Waals surface area (Å²) in [6.07, 6.45) is 2.84. The van der Waals surface area contributed by atoms with Crippen LogP contribution in [0.2, 0.25) is 0 Å². The van der Waals surface area contributed by atoms with E-state index in [1.165, 1.54) is 24.5 Å². The van der Waals surface area contributed by atoms with Crippen LogP contribution >= 0.6 is 11.8 Å². The van der Waals surface area contributed by atoms with Crippen molar-refractivity contribution in [1.29, 1.82) is 5.26 Å². The third-order valence-electron chi connectivity index (χ3n) is 5.25. The number of pyridine rings is 1. The van der Waals surface area contributed by atoms with E-state index in [-0.39, 0.29) is 30.1 Å². The highest BCUT2D eigenvalue weighted by Crippen LogP contribution is 2.51. The quantitative estimate of drug-likeness (QED) is 0.834. The number of aliphatic imine (C=N–C) groups is 1. The first-order chi connectivity index (χ1) is 13.3. The van der Waals surface area contributed by atoms with Crippen molar-refractivity contribution in [2.75, 3.05) is 12.4 Å². The second-order valence-corrected chi connectivity index (χ2v) is 8.19. The molecule has 1 aromatic heterocycles. The minimum Gasteiger partial charge on any atom is -0.379 e. The molecule has 0 spiro atoms. The maximum absolute atomic E-state index is 16.1. The summed E-state index contributed by atoms with van der Waals surface area (Å²) in [7, 11) is 0. The van der Waals surface area contributed by atoms with Gasteiger partial charge in [-0.15, -0.1) is 0 Å². The van der Waals surface area contributed by atoms with Gasteiger partial charge in [-0.25, -0.2) is 13.8 Å². The van der Waals surface area contributed by atoms with E-state index in [2.05, 4.69) is 9.98 Å². The molecular weight excluding hydrogens is 382 g/mol. The number of nitriles is 1. The van der Waals surface area contributed by atoms with Crippen LogP contribution in [-0.2, 0) is 10.3 Å². The number of amidine groups is 1. The first-order valence-electron chi connectivity index (χ1n) is 8.80. The van der Waals surface area contributed by atoms with Crippen LogP contribution in [0, 0.1) is 17.1 Å². The number of benzene rings is 1. The van der Waals surface area contributed by atoms with Crippen LogP contribution < -0.4 is 5.73 Å². The van der Waals surface area contributed by atoms with E-state index in [4.69, 9.17) is 15.7 Å². The molecule has 1 aromatic carbocycles. The molecule has 2 aliphatic heterocycles. The smallest absolute Gasteiger partial charge is 0.155 e. The molecule has 4 rings (SSSR count). The van der Waals surface area contributed by atoms with Crippen molar-refractivity contribution in [3.63, 3.8) is 0 Å². The van der Waals surface area contributed by atoms with Crippen LogP contribution in [0.3, 0.4) is 0 Å². The van der Waals surface area contributed by atoms with Gasteiger partial charge in [0.1, 0.15) is 17.4 Å². The lowest BCUT2D eigenvalue weighted by molar-refractivity contribution is -0.106. The zero-order chi connectivity index (χ0) is 19.9. The van der Waals surface area contributed by atoms with Gasteiger partial charge >= 0.3 is 0 Å². The van der Waals surface area contributed by atoms with Crippen LogP contribution in [0.15, 0.2) is 41.7 Å². The van der Waals surface area contributed by atoms with E-state index in [1.807, 2.05) is 13.0 Å². The van der Waals surface area contributed by atoms with E-state index in [0.717, 1.165) is 11.8 Å². The Hall–Kier alpha value is -2.50. The number of fused-ring (bicyclic) bond motifs is 1. The Balaban J connectivity index is 1.89. The summed E-state index contributed by atoms with van der Waals surface area (Å²) in [4.78, 5) is 8.47. The Labute approximate surface area is 165 Å². The van der Waals surface area contributed by atoms with Gasteiger partial charge in [-0.1, -0.05) is 11.8 Å². The minimum absolute atomic E-state index is 0.0225. The van der Waals surface area contributed by atoms with Gasteiger partial charge in [-0.3, -0.25) is 4.98 Å². The number of halogens is 2. The average molecular weight is 400 g/mol. The van der Waals surface area contributed by atoms with Gasteiger partial charge in [0.05, 0.1) is 18.3 Å². The predicted molar refractivity (Wildman–Crippen MR) is 104 cm³/mol. The Bertz CT molecular complexity index is 1010. The molecule has 28 heavy (non-hydrogen) atoms. The molecular formula is C20H18F2N4OS. The van der Waals surface area contributed by atoms with Crippen molar-refractivity contribution in [2.45, 2.75) is 30.7 Å². The largest absolute Gasteiger partial charge is 0.379 e. The predicted octanol–water partition coefficient (Wildman–Crippen LogP) is 3.53. The normalized spacial score (nSPS) is 29.5. The van der Waals surface area contributed by atoms with E-state index >= 15 is 4.39 Å². The molecule has 0 unspecified atom stereocenters. The molecule has 8 heteroatoms. The Morgan fingerprint density at radius 1 is 1.29 bits per heavy atom. The van der Waals surface area contributed by atoms with Crippen LogP contribution in [0.25, 0.3) is 11.1 Å². The molecule has 0 radical (unpaired) electrons. The summed E-state index contributed by atoms with van der Waals surface area (Å²) in [6, 6.07) is 7.92. The molecule has 144 valence electrons. The fourth-order valence-electron chi connectivity index (χ4n) is 3.86. The number of thioether (sulfide) groups is 1. The van der Waals surface area contributed by atoms with Gasteiger partial charge < -0.3 is 10.5 Å². The highest BCUT2D eigenvalue weighted by atomic mass is 32.2. The van der Waals surface area contributed by atoms with Gasteiger partial charge in [-0.2, -0.15) is 5.26 Å². The first-order valence-corrected chi connectivity index (χ1v) is 9.79. The van der Waals surface area contributed by atoms with E-state index in [1.54, 1.807) is 12.1 Å². The summed E-state index contributed by atoms with van der Waals surface area (Å²) in [5, 5.41) is 9.35. The van der Waals surface area contributed by atoms with Crippen molar-refractivity contribution in [3.8, 4) is 17.2 Å². The Morgan fingerprint density at radius 2 is 2.11 bits per heavy atom. The van der Waals surface area contributed by atoms with Crippen molar-refractivity contribution in [3.05, 3.63) is 53.6 Å². The van der Waals surface area contributed by atoms with Crippen molar-refractivity contribution >= 4 is 16.9 Å². The molecule has 3 atom stereocenters. The molecule has 0 aliphatic carbocycles. The van der Waals surface area contributed by atoms with Crippen LogP contribution in [0.4, 0.5) is 8.78 Å². The zero-order valence-corrected chi connectivity index (χ0v) is 16.0. The third kappa shape index (κ3) is 3.05. The maximum Gasteiger partial charge on any atom is 0.155 e. The van der Waals surface area contributed by atoms with E-state index < -0.39 is 17.0 Å². The average Bonchev–Trinajstić information content (AvgIpc) is 2.68. The van der Waals surface area contributed by atoms with Gasteiger partial charge in [0.25, 0.3) is 0 Å². The van der Waals surface area contributed by atoms with Gasteiger partial charge in [0.2, 0.25) is 0 Å². The highest BCUT2D eigenvalue weighted by molar-refractivity contribution is 8.13. The number of hydrogen-bond acceptors (Lipinski definition) is 6. The summed E-state index contributed by atoms with van der Waals surface area (Å²) >= 11 is 1.16. The van der Waals surface area contributed by atoms with Crippen molar-refractivity contribution in [1.82, 2.24) is 4.98 Å². The molecule has 1 fully saturated rings. The summed E-state index contributed by atoms with van der Waals surface area (Å²) in [5.74, 6) is -0.398.